The number of esters is 1. The van der Waals surface area contributed by atoms with E-state index in [9.17, 15) is 19.2 Å². The third kappa shape index (κ3) is 6.76. The zero-order valence-corrected chi connectivity index (χ0v) is 16.1. The maximum atomic E-state index is 12.4. The molecule has 152 valence electrons. The standard InChI is InChI=1S/C21H22N2O6/c1-13(2)11-18(24)23-15-9-7-14(8-10-15)21(28)29-17-6-4-3-5-16(17)20(27)22-12-19(25)26/h3-10,13H,11-12H2,1-2H3,(H,22,27)(H,23,24)(H,25,26). The summed E-state index contributed by atoms with van der Waals surface area (Å²) >= 11 is 0. The normalized spacial score (nSPS) is 10.3. The number of rotatable bonds is 8. The van der Waals surface area contributed by atoms with E-state index in [0.717, 1.165) is 0 Å². The summed E-state index contributed by atoms with van der Waals surface area (Å²) in [5, 5.41) is 13.6. The van der Waals surface area contributed by atoms with Gasteiger partial charge in [0.15, 0.2) is 0 Å². The quantitative estimate of drug-likeness (QED) is 0.464. The van der Waals surface area contributed by atoms with E-state index >= 15 is 0 Å². The topological polar surface area (TPSA) is 122 Å². The molecule has 29 heavy (non-hydrogen) atoms. The number of carboxylic acids is 1. The van der Waals surface area contributed by atoms with Crippen LogP contribution in [0.5, 0.6) is 5.75 Å². The molecule has 0 saturated heterocycles. The van der Waals surface area contributed by atoms with Gasteiger partial charge in [0.25, 0.3) is 5.91 Å². The molecule has 8 nitrogen and oxygen atoms in total. The van der Waals surface area contributed by atoms with Crippen molar-refractivity contribution in [2.45, 2.75) is 20.3 Å². The van der Waals surface area contributed by atoms with Gasteiger partial charge in [-0.3, -0.25) is 14.4 Å². The summed E-state index contributed by atoms with van der Waals surface area (Å²) in [6, 6.07) is 12.2. The maximum Gasteiger partial charge on any atom is 0.343 e. The van der Waals surface area contributed by atoms with E-state index in [1.54, 1.807) is 24.3 Å². The number of anilines is 1. The van der Waals surface area contributed by atoms with E-state index in [0.29, 0.717) is 12.1 Å². The van der Waals surface area contributed by atoms with Crippen LogP contribution in [-0.4, -0.2) is 35.4 Å². The minimum atomic E-state index is -1.19. The van der Waals surface area contributed by atoms with E-state index in [4.69, 9.17) is 9.84 Å². The van der Waals surface area contributed by atoms with Gasteiger partial charge in [0, 0.05) is 12.1 Å². The van der Waals surface area contributed by atoms with Gasteiger partial charge in [0.05, 0.1) is 11.1 Å². The first-order valence-electron chi connectivity index (χ1n) is 8.97. The van der Waals surface area contributed by atoms with Crippen LogP contribution in [0.25, 0.3) is 0 Å². The predicted molar refractivity (Wildman–Crippen MR) is 106 cm³/mol. The van der Waals surface area contributed by atoms with Gasteiger partial charge in [-0.15, -0.1) is 0 Å². The van der Waals surface area contributed by atoms with Crippen LogP contribution in [0.3, 0.4) is 0 Å². The maximum absolute atomic E-state index is 12.4. The molecule has 0 aliphatic heterocycles. The number of hydrogen-bond donors (Lipinski definition) is 3. The number of carbonyl (C=O) groups excluding carboxylic acids is 3. The summed E-state index contributed by atoms with van der Waals surface area (Å²) in [7, 11) is 0. The van der Waals surface area contributed by atoms with Crippen LogP contribution in [0, 0.1) is 5.92 Å². The smallest absolute Gasteiger partial charge is 0.343 e. The van der Waals surface area contributed by atoms with Crippen molar-refractivity contribution >= 4 is 29.4 Å². The SMILES string of the molecule is CC(C)CC(=O)Nc1ccc(C(=O)Oc2ccccc2C(=O)NCC(=O)O)cc1. The molecule has 3 N–H and O–H groups in total. The highest BCUT2D eigenvalue weighted by Gasteiger charge is 2.17. The molecule has 8 heteroatoms. The third-order valence-electron chi connectivity index (χ3n) is 3.73. The first kappa shape index (κ1) is 21.6. The average Bonchev–Trinajstić information content (AvgIpc) is 2.66. The monoisotopic (exact) mass is 398 g/mol. The fourth-order valence-corrected chi connectivity index (χ4v) is 2.43. The number of carbonyl (C=O) groups is 4. The number of benzene rings is 2. The van der Waals surface area contributed by atoms with E-state index < -0.39 is 24.4 Å². The average molecular weight is 398 g/mol. The molecule has 0 aliphatic rings. The van der Waals surface area contributed by atoms with Gasteiger partial charge < -0.3 is 20.5 Å². The van der Waals surface area contributed by atoms with Crippen molar-refractivity contribution < 1.29 is 29.0 Å². The molecule has 0 saturated carbocycles. The first-order valence-corrected chi connectivity index (χ1v) is 8.97. The Morgan fingerprint density at radius 1 is 1.00 bits per heavy atom. The lowest BCUT2D eigenvalue weighted by atomic mass is 10.1. The van der Waals surface area contributed by atoms with Gasteiger partial charge in [-0.2, -0.15) is 0 Å². The Morgan fingerprint density at radius 2 is 1.66 bits per heavy atom. The van der Waals surface area contributed by atoms with Gasteiger partial charge in [-0.05, 0) is 42.3 Å². The Hall–Kier alpha value is -3.68. The van der Waals surface area contributed by atoms with E-state index in [1.807, 2.05) is 13.8 Å². The van der Waals surface area contributed by atoms with Crippen LogP contribution >= 0.6 is 0 Å². The van der Waals surface area contributed by atoms with Crippen LogP contribution in [0.2, 0.25) is 0 Å². The summed E-state index contributed by atoms with van der Waals surface area (Å²) in [6.45, 7) is 3.34. The largest absolute Gasteiger partial charge is 0.480 e. The summed E-state index contributed by atoms with van der Waals surface area (Å²) < 4.78 is 5.30. The lowest BCUT2D eigenvalue weighted by molar-refractivity contribution is -0.135. The summed E-state index contributed by atoms with van der Waals surface area (Å²) in [5.41, 5.74) is 0.827. The summed E-state index contributed by atoms with van der Waals surface area (Å²) in [6.07, 6.45) is 0.393. The van der Waals surface area contributed by atoms with Gasteiger partial charge in [0.1, 0.15) is 12.3 Å². The molecule has 0 bridgehead atoms. The molecule has 2 amide bonds. The van der Waals surface area contributed by atoms with Gasteiger partial charge in [-0.25, -0.2) is 4.79 Å². The number of aliphatic carboxylic acids is 1. The van der Waals surface area contributed by atoms with Crippen molar-refractivity contribution in [3.05, 3.63) is 59.7 Å². The van der Waals surface area contributed by atoms with Crippen LogP contribution < -0.4 is 15.4 Å². The molecule has 2 rings (SSSR count). The number of ether oxygens (including phenoxy) is 1. The lowest BCUT2D eigenvalue weighted by Gasteiger charge is -2.10. The molecule has 0 aromatic heterocycles. The molecule has 0 fully saturated rings. The Bertz CT molecular complexity index is 906. The summed E-state index contributed by atoms with van der Waals surface area (Å²) in [5.74, 6) is -2.42. The van der Waals surface area contributed by atoms with Crippen molar-refractivity contribution in [1.82, 2.24) is 5.32 Å². The van der Waals surface area contributed by atoms with Crippen LogP contribution in [-0.2, 0) is 9.59 Å². The molecule has 0 radical (unpaired) electrons. The minimum Gasteiger partial charge on any atom is -0.480 e. The van der Waals surface area contributed by atoms with Crippen LogP contribution in [0.4, 0.5) is 5.69 Å². The molecule has 0 unspecified atom stereocenters. The third-order valence-corrected chi connectivity index (χ3v) is 3.73. The van der Waals surface area contributed by atoms with Gasteiger partial charge in [0.2, 0.25) is 5.91 Å². The minimum absolute atomic E-state index is 0.00898. The van der Waals surface area contributed by atoms with Crippen molar-refractivity contribution in [3.8, 4) is 5.75 Å². The second kappa shape index (κ2) is 10.0. The van der Waals surface area contributed by atoms with Crippen molar-refractivity contribution in [2.24, 2.45) is 5.92 Å². The van der Waals surface area contributed by atoms with Gasteiger partial charge in [-0.1, -0.05) is 26.0 Å². The molecule has 0 spiro atoms. The van der Waals surface area contributed by atoms with E-state index in [2.05, 4.69) is 10.6 Å². The lowest BCUT2D eigenvalue weighted by Crippen LogP contribution is -2.29. The number of hydrogen-bond acceptors (Lipinski definition) is 5. The molecule has 0 heterocycles. The molecule has 0 aliphatic carbocycles. The summed E-state index contributed by atoms with van der Waals surface area (Å²) in [4.78, 5) is 46.9. The Kier molecular flexibility index (Phi) is 7.47. The van der Waals surface area contributed by atoms with Crippen molar-refractivity contribution in [3.63, 3.8) is 0 Å². The fraction of sp³-hybridized carbons (Fsp3) is 0.238. The second-order valence-electron chi connectivity index (χ2n) is 6.69. The van der Waals surface area contributed by atoms with Crippen molar-refractivity contribution in [1.29, 1.82) is 0 Å². The number of para-hydroxylation sites is 1. The van der Waals surface area contributed by atoms with Crippen molar-refractivity contribution in [2.75, 3.05) is 11.9 Å². The molecule has 2 aromatic rings. The highest BCUT2D eigenvalue weighted by atomic mass is 16.5. The Labute approximate surface area is 167 Å². The zero-order valence-electron chi connectivity index (χ0n) is 16.1. The van der Waals surface area contributed by atoms with E-state index in [-0.39, 0.29) is 28.7 Å². The highest BCUT2D eigenvalue weighted by molar-refractivity contribution is 6.00. The fourth-order valence-electron chi connectivity index (χ4n) is 2.43. The first-order chi connectivity index (χ1) is 13.8. The van der Waals surface area contributed by atoms with Gasteiger partial charge >= 0.3 is 11.9 Å². The number of carboxylic acid groups (broad SMARTS) is 1. The van der Waals surface area contributed by atoms with E-state index in [1.165, 1.54) is 24.3 Å². The van der Waals surface area contributed by atoms with Crippen LogP contribution in [0.15, 0.2) is 48.5 Å². The molecule has 2 aromatic carbocycles. The molecular weight excluding hydrogens is 376 g/mol. The predicted octanol–water partition coefficient (Wildman–Crippen LogP) is 2.70. The zero-order chi connectivity index (χ0) is 21.4. The second-order valence-corrected chi connectivity index (χ2v) is 6.69. The molecular formula is C21H22N2O6. The highest BCUT2D eigenvalue weighted by Crippen LogP contribution is 2.20. The number of nitrogens with one attached hydrogen (secondary N) is 2. The number of amides is 2. The Morgan fingerprint density at radius 3 is 2.28 bits per heavy atom. The van der Waals surface area contributed by atoms with Crippen LogP contribution in [0.1, 0.15) is 41.0 Å². The Balaban J connectivity index is 2.06. The molecule has 0 atom stereocenters.